The van der Waals surface area contributed by atoms with Crippen LogP contribution in [0, 0.1) is 13.8 Å². The highest BCUT2D eigenvalue weighted by molar-refractivity contribution is 14.0. The molecule has 1 aliphatic rings. The molecule has 0 saturated carbocycles. The average molecular weight is 516 g/mol. The van der Waals surface area contributed by atoms with Crippen molar-refractivity contribution in [1.29, 1.82) is 0 Å². The smallest absolute Gasteiger partial charge is 0.193 e. The van der Waals surface area contributed by atoms with Gasteiger partial charge in [0.2, 0.25) is 0 Å². The van der Waals surface area contributed by atoms with Gasteiger partial charge in [-0.3, -0.25) is 4.99 Å². The monoisotopic (exact) mass is 516 g/mol. The summed E-state index contributed by atoms with van der Waals surface area (Å²) >= 11 is 1.74. The van der Waals surface area contributed by atoms with Crippen LogP contribution in [0.4, 0.5) is 0 Å². The van der Waals surface area contributed by atoms with Crippen molar-refractivity contribution >= 4 is 41.3 Å². The number of nitrogens with one attached hydrogen (secondary N) is 1. The number of thiazole rings is 1. The molecule has 1 fully saturated rings. The largest absolute Gasteiger partial charge is 0.497 e. The Hall–Kier alpha value is -1.55. The first-order valence-electron chi connectivity index (χ1n) is 9.15. The Morgan fingerprint density at radius 2 is 1.93 bits per heavy atom. The fourth-order valence-corrected chi connectivity index (χ4v) is 4.40. The zero-order chi connectivity index (χ0) is 19.4. The molecule has 1 aliphatic heterocycles. The molecule has 1 aromatic heterocycles. The second-order valence-electron chi connectivity index (χ2n) is 6.72. The first kappa shape index (κ1) is 22.7. The zero-order valence-electron chi connectivity index (χ0n) is 17.1. The Labute approximate surface area is 188 Å². The molecule has 0 radical (unpaired) electrons. The van der Waals surface area contributed by atoms with Crippen molar-refractivity contribution in [1.82, 2.24) is 15.2 Å². The summed E-state index contributed by atoms with van der Waals surface area (Å²) in [6.45, 7) is 6.77. The number of aryl methyl sites for hydroxylation is 2. The Morgan fingerprint density at radius 3 is 2.46 bits per heavy atom. The molecule has 28 heavy (non-hydrogen) atoms. The van der Waals surface area contributed by atoms with Crippen molar-refractivity contribution in [3.05, 3.63) is 39.3 Å². The molecule has 1 N–H and O–H groups in total. The number of methoxy groups -OCH3 is 2. The van der Waals surface area contributed by atoms with Gasteiger partial charge < -0.3 is 19.7 Å². The number of rotatable bonds is 5. The minimum atomic E-state index is 0. The number of hydrogen-bond acceptors (Lipinski definition) is 5. The molecule has 1 saturated heterocycles. The molecular weight excluding hydrogens is 487 g/mol. The van der Waals surface area contributed by atoms with Crippen LogP contribution in [0.1, 0.15) is 33.5 Å². The number of aliphatic imine (C=N–C) groups is 1. The van der Waals surface area contributed by atoms with E-state index < -0.39 is 0 Å². The summed E-state index contributed by atoms with van der Waals surface area (Å²) in [6.07, 6.45) is 1.08. The summed E-state index contributed by atoms with van der Waals surface area (Å²) in [5.41, 5.74) is 2.35. The molecule has 8 heteroatoms. The van der Waals surface area contributed by atoms with Gasteiger partial charge in [0.25, 0.3) is 0 Å². The predicted octanol–water partition coefficient (Wildman–Crippen LogP) is 3.96. The lowest BCUT2D eigenvalue weighted by Gasteiger charge is -2.22. The van der Waals surface area contributed by atoms with Gasteiger partial charge in [0.1, 0.15) is 11.5 Å². The molecule has 1 unspecified atom stereocenters. The van der Waals surface area contributed by atoms with Gasteiger partial charge in [0, 0.05) is 37.0 Å². The third-order valence-corrected chi connectivity index (χ3v) is 6.02. The van der Waals surface area contributed by atoms with Crippen LogP contribution in [0.2, 0.25) is 0 Å². The van der Waals surface area contributed by atoms with Gasteiger partial charge in [0.05, 0.1) is 31.5 Å². The SMILES string of the molecule is CN=C(NCc1sc(C)nc1C)N1CCC(c2cc(OC)cc(OC)c2)C1.I. The van der Waals surface area contributed by atoms with Crippen molar-refractivity contribution in [2.75, 3.05) is 34.4 Å². The van der Waals surface area contributed by atoms with E-state index in [9.17, 15) is 0 Å². The Kier molecular flexibility index (Phi) is 8.36. The average Bonchev–Trinajstić information content (AvgIpc) is 3.28. The third-order valence-electron chi connectivity index (χ3n) is 4.95. The molecule has 2 heterocycles. The van der Waals surface area contributed by atoms with E-state index in [1.54, 1.807) is 25.6 Å². The predicted molar refractivity (Wildman–Crippen MR) is 126 cm³/mol. The third kappa shape index (κ3) is 5.28. The number of hydrogen-bond donors (Lipinski definition) is 1. The van der Waals surface area contributed by atoms with Gasteiger partial charge in [-0.05, 0) is 38.0 Å². The molecule has 0 aliphatic carbocycles. The van der Waals surface area contributed by atoms with Crippen LogP contribution in [-0.4, -0.2) is 50.2 Å². The molecule has 3 rings (SSSR count). The fraction of sp³-hybridized carbons (Fsp3) is 0.500. The standard InChI is InChI=1S/C20H28N4O2S.HI/c1-13-19(27-14(2)23-13)11-22-20(21-3)24-7-6-15(12-24)16-8-17(25-4)10-18(9-16)26-5;/h8-10,15H,6-7,11-12H2,1-5H3,(H,21,22);1H. The van der Waals surface area contributed by atoms with Crippen molar-refractivity contribution in [3.63, 3.8) is 0 Å². The first-order chi connectivity index (χ1) is 13.0. The van der Waals surface area contributed by atoms with Gasteiger partial charge in [-0.15, -0.1) is 35.3 Å². The fourth-order valence-electron chi connectivity index (χ4n) is 3.52. The van der Waals surface area contributed by atoms with Gasteiger partial charge in [-0.1, -0.05) is 0 Å². The van der Waals surface area contributed by atoms with Crippen molar-refractivity contribution in [2.45, 2.75) is 32.7 Å². The van der Waals surface area contributed by atoms with Crippen LogP contribution in [0.5, 0.6) is 11.5 Å². The van der Waals surface area contributed by atoms with Gasteiger partial charge in [-0.25, -0.2) is 4.98 Å². The molecule has 0 amide bonds. The maximum Gasteiger partial charge on any atom is 0.193 e. The van der Waals surface area contributed by atoms with E-state index in [0.29, 0.717) is 5.92 Å². The number of aromatic nitrogens is 1. The van der Waals surface area contributed by atoms with E-state index in [0.717, 1.165) is 54.2 Å². The van der Waals surface area contributed by atoms with E-state index >= 15 is 0 Å². The molecule has 0 spiro atoms. The summed E-state index contributed by atoms with van der Waals surface area (Å²) in [5, 5.41) is 4.60. The van der Waals surface area contributed by atoms with Crippen molar-refractivity contribution in [2.24, 2.45) is 4.99 Å². The first-order valence-corrected chi connectivity index (χ1v) is 9.97. The molecule has 1 aromatic carbocycles. The summed E-state index contributed by atoms with van der Waals surface area (Å²) in [4.78, 5) is 12.6. The molecular formula is C20H29IN4O2S. The maximum absolute atomic E-state index is 5.42. The van der Waals surface area contributed by atoms with Crippen LogP contribution >= 0.6 is 35.3 Å². The molecule has 0 bridgehead atoms. The molecule has 2 aromatic rings. The lowest BCUT2D eigenvalue weighted by Crippen LogP contribution is -2.39. The second kappa shape index (κ2) is 10.3. The lowest BCUT2D eigenvalue weighted by atomic mass is 9.98. The normalized spacial score (nSPS) is 16.7. The van der Waals surface area contributed by atoms with Gasteiger partial charge >= 0.3 is 0 Å². The summed E-state index contributed by atoms with van der Waals surface area (Å²) < 4.78 is 10.8. The zero-order valence-corrected chi connectivity index (χ0v) is 20.3. The minimum absolute atomic E-state index is 0. The number of ether oxygens (including phenoxy) is 2. The van der Waals surface area contributed by atoms with E-state index in [1.807, 2.05) is 20.0 Å². The second-order valence-corrected chi connectivity index (χ2v) is 8.01. The topological polar surface area (TPSA) is 59.0 Å². The van der Waals surface area contributed by atoms with Crippen LogP contribution in [0.25, 0.3) is 0 Å². The highest BCUT2D eigenvalue weighted by Gasteiger charge is 2.27. The minimum Gasteiger partial charge on any atom is -0.497 e. The van der Waals surface area contributed by atoms with E-state index in [4.69, 9.17) is 9.47 Å². The van der Waals surface area contributed by atoms with Crippen molar-refractivity contribution < 1.29 is 9.47 Å². The van der Waals surface area contributed by atoms with E-state index in [1.165, 1.54) is 10.4 Å². The Balaban J connectivity index is 0.00000280. The molecule has 154 valence electrons. The number of guanidine groups is 1. The van der Waals surface area contributed by atoms with Gasteiger partial charge in [-0.2, -0.15) is 0 Å². The quantitative estimate of drug-likeness (QED) is 0.371. The number of nitrogens with zero attached hydrogens (tertiary/aromatic N) is 3. The number of likely N-dealkylation sites (tertiary alicyclic amines) is 1. The summed E-state index contributed by atoms with van der Waals surface area (Å²) in [6, 6.07) is 6.13. The number of benzene rings is 1. The van der Waals surface area contributed by atoms with E-state index in [2.05, 4.69) is 39.2 Å². The van der Waals surface area contributed by atoms with Crippen LogP contribution in [0.15, 0.2) is 23.2 Å². The molecule has 6 nitrogen and oxygen atoms in total. The molecule has 1 atom stereocenters. The summed E-state index contributed by atoms with van der Waals surface area (Å²) in [7, 11) is 5.22. The number of halogens is 1. The van der Waals surface area contributed by atoms with Gasteiger partial charge in [0.15, 0.2) is 5.96 Å². The van der Waals surface area contributed by atoms with Crippen LogP contribution in [-0.2, 0) is 6.54 Å². The Morgan fingerprint density at radius 1 is 1.25 bits per heavy atom. The summed E-state index contributed by atoms with van der Waals surface area (Å²) in [5.74, 6) is 3.04. The van der Waals surface area contributed by atoms with Crippen LogP contribution < -0.4 is 14.8 Å². The van der Waals surface area contributed by atoms with E-state index in [-0.39, 0.29) is 24.0 Å². The lowest BCUT2D eigenvalue weighted by molar-refractivity contribution is 0.392. The van der Waals surface area contributed by atoms with Crippen molar-refractivity contribution in [3.8, 4) is 11.5 Å². The van der Waals surface area contributed by atoms with Crippen LogP contribution in [0.3, 0.4) is 0 Å². The highest BCUT2D eigenvalue weighted by atomic mass is 127. The highest BCUT2D eigenvalue weighted by Crippen LogP contribution is 2.33. The maximum atomic E-state index is 5.42. The Bertz CT molecular complexity index is 802.